The van der Waals surface area contributed by atoms with E-state index in [9.17, 15) is 9.59 Å². The molecule has 1 heterocycles. The molecule has 0 bridgehead atoms. The minimum absolute atomic E-state index is 0.00160. The fraction of sp³-hybridized carbons (Fsp3) is 0.833. The number of halogens is 1. The fourth-order valence-electron chi connectivity index (χ4n) is 1.82. The van der Waals surface area contributed by atoms with Crippen molar-refractivity contribution in [1.82, 2.24) is 9.80 Å². The molecule has 1 fully saturated rings. The summed E-state index contributed by atoms with van der Waals surface area (Å²) >= 11 is 3.23. The van der Waals surface area contributed by atoms with E-state index >= 15 is 0 Å². The lowest BCUT2D eigenvalue weighted by molar-refractivity contribution is -0.107. The molecular weight excluding hydrogens is 300 g/mol. The van der Waals surface area contributed by atoms with Gasteiger partial charge in [-0.05, 0) is 20.8 Å². The second-order valence-electron chi connectivity index (χ2n) is 5.54. The van der Waals surface area contributed by atoms with Crippen LogP contribution in [0.25, 0.3) is 0 Å². The van der Waals surface area contributed by atoms with E-state index in [1.807, 2.05) is 20.8 Å². The third-order valence-corrected chi connectivity index (χ3v) is 3.23. The SMILES string of the molecule is CN1C[C@@H](COC(C)(C)C)N(C[C@H](Br)C=O)C1=O. The van der Waals surface area contributed by atoms with E-state index in [0.717, 1.165) is 6.29 Å². The summed E-state index contributed by atoms with van der Waals surface area (Å²) in [5, 5.41) is 0. The molecule has 0 aromatic rings. The van der Waals surface area contributed by atoms with Crippen LogP contribution < -0.4 is 0 Å². The van der Waals surface area contributed by atoms with Crippen LogP contribution in [-0.4, -0.2) is 65.3 Å². The molecule has 2 amide bonds. The van der Waals surface area contributed by atoms with Crippen LogP contribution in [0.1, 0.15) is 20.8 Å². The number of alkyl halides is 1. The summed E-state index contributed by atoms with van der Waals surface area (Å²) in [6.45, 7) is 7.44. The minimum Gasteiger partial charge on any atom is -0.374 e. The van der Waals surface area contributed by atoms with Gasteiger partial charge in [0, 0.05) is 20.1 Å². The molecule has 0 aromatic heterocycles. The van der Waals surface area contributed by atoms with Gasteiger partial charge in [-0.3, -0.25) is 0 Å². The van der Waals surface area contributed by atoms with Crippen molar-refractivity contribution in [3.05, 3.63) is 0 Å². The van der Waals surface area contributed by atoms with Crippen molar-refractivity contribution in [3.8, 4) is 0 Å². The zero-order chi connectivity index (χ0) is 13.9. The first-order valence-electron chi connectivity index (χ1n) is 5.99. The van der Waals surface area contributed by atoms with Crippen LogP contribution in [0.5, 0.6) is 0 Å². The molecule has 0 aromatic carbocycles. The molecule has 0 radical (unpaired) electrons. The highest BCUT2D eigenvalue weighted by molar-refractivity contribution is 9.10. The maximum atomic E-state index is 12.0. The summed E-state index contributed by atoms with van der Waals surface area (Å²) in [4.78, 5) is 25.6. The number of likely N-dealkylation sites (N-methyl/N-ethyl adjacent to an activating group) is 1. The lowest BCUT2D eigenvalue weighted by Crippen LogP contribution is -2.42. The molecule has 5 nitrogen and oxygen atoms in total. The number of hydrogen-bond donors (Lipinski definition) is 0. The second-order valence-corrected chi connectivity index (χ2v) is 6.72. The van der Waals surface area contributed by atoms with Crippen molar-refractivity contribution in [2.75, 3.05) is 26.7 Å². The number of amides is 2. The van der Waals surface area contributed by atoms with Gasteiger partial charge in [-0.25, -0.2) is 4.79 Å². The Morgan fingerprint density at radius 1 is 1.56 bits per heavy atom. The highest BCUT2D eigenvalue weighted by atomic mass is 79.9. The van der Waals surface area contributed by atoms with Gasteiger partial charge >= 0.3 is 6.03 Å². The molecule has 2 atom stereocenters. The quantitative estimate of drug-likeness (QED) is 0.570. The number of carbonyl (C=O) groups is 2. The van der Waals surface area contributed by atoms with Crippen molar-refractivity contribution in [2.24, 2.45) is 0 Å². The number of urea groups is 1. The first kappa shape index (κ1) is 15.4. The predicted octanol–water partition coefficient (Wildman–Crippen LogP) is 1.50. The maximum absolute atomic E-state index is 12.0. The Morgan fingerprint density at radius 2 is 2.17 bits per heavy atom. The van der Waals surface area contributed by atoms with Crippen LogP contribution in [0.15, 0.2) is 0 Å². The Kier molecular flexibility index (Phi) is 5.16. The van der Waals surface area contributed by atoms with E-state index in [1.165, 1.54) is 0 Å². The number of aldehydes is 1. The van der Waals surface area contributed by atoms with Crippen LogP contribution >= 0.6 is 15.9 Å². The number of rotatable bonds is 5. The number of ether oxygens (including phenoxy) is 1. The monoisotopic (exact) mass is 320 g/mol. The summed E-state index contributed by atoms with van der Waals surface area (Å²) in [7, 11) is 1.76. The molecule has 18 heavy (non-hydrogen) atoms. The molecule has 1 aliphatic heterocycles. The van der Waals surface area contributed by atoms with Gasteiger partial charge < -0.3 is 19.3 Å². The standard InChI is InChI=1S/C12H21BrN2O3/c1-12(2,3)18-8-10-6-14(4)11(17)15(10)5-9(13)7-16/h7,9-10H,5-6,8H2,1-4H3/t9-,10-/m0/s1. The average Bonchev–Trinajstić information content (AvgIpc) is 2.53. The van der Waals surface area contributed by atoms with Crippen LogP contribution in [0.3, 0.4) is 0 Å². The highest BCUT2D eigenvalue weighted by Gasteiger charge is 2.36. The average molecular weight is 321 g/mol. The van der Waals surface area contributed by atoms with Crippen molar-refractivity contribution >= 4 is 28.2 Å². The number of carbonyl (C=O) groups excluding carboxylic acids is 2. The van der Waals surface area contributed by atoms with Gasteiger partial charge in [0.2, 0.25) is 0 Å². The van der Waals surface area contributed by atoms with E-state index in [-0.39, 0.29) is 22.5 Å². The zero-order valence-corrected chi connectivity index (χ0v) is 12.9. The van der Waals surface area contributed by atoms with E-state index in [0.29, 0.717) is 19.7 Å². The van der Waals surface area contributed by atoms with Crippen molar-refractivity contribution in [2.45, 2.75) is 37.2 Å². The van der Waals surface area contributed by atoms with E-state index < -0.39 is 0 Å². The Labute approximate surface area is 117 Å². The Hall–Kier alpha value is -0.620. The van der Waals surface area contributed by atoms with E-state index in [4.69, 9.17) is 4.74 Å². The van der Waals surface area contributed by atoms with E-state index in [2.05, 4.69) is 15.9 Å². The van der Waals surface area contributed by atoms with Gasteiger partial charge in [0.15, 0.2) is 0 Å². The Bertz CT molecular complexity index is 317. The smallest absolute Gasteiger partial charge is 0.320 e. The molecule has 0 saturated carbocycles. The topological polar surface area (TPSA) is 49.9 Å². The molecule has 1 saturated heterocycles. The van der Waals surface area contributed by atoms with Gasteiger partial charge in [-0.15, -0.1) is 0 Å². The third kappa shape index (κ3) is 4.24. The van der Waals surface area contributed by atoms with Gasteiger partial charge in [-0.2, -0.15) is 0 Å². The van der Waals surface area contributed by atoms with Crippen molar-refractivity contribution in [3.63, 3.8) is 0 Å². The van der Waals surface area contributed by atoms with Crippen LogP contribution in [0.4, 0.5) is 4.79 Å². The second kappa shape index (κ2) is 6.02. The highest BCUT2D eigenvalue weighted by Crippen LogP contribution is 2.18. The third-order valence-electron chi connectivity index (χ3n) is 2.73. The largest absolute Gasteiger partial charge is 0.374 e. The molecule has 104 valence electrons. The molecule has 1 aliphatic rings. The van der Waals surface area contributed by atoms with Crippen LogP contribution in [0.2, 0.25) is 0 Å². The maximum Gasteiger partial charge on any atom is 0.320 e. The fourth-order valence-corrected chi connectivity index (χ4v) is 2.13. The van der Waals surface area contributed by atoms with E-state index in [1.54, 1.807) is 16.8 Å². The summed E-state index contributed by atoms with van der Waals surface area (Å²) in [5.41, 5.74) is -0.228. The van der Waals surface area contributed by atoms with Gasteiger partial charge in [0.1, 0.15) is 6.29 Å². The molecule has 1 rings (SSSR count). The molecule has 0 aliphatic carbocycles. The summed E-state index contributed by atoms with van der Waals surface area (Å²) in [5.74, 6) is 0. The number of hydrogen-bond acceptors (Lipinski definition) is 3. The summed E-state index contributed by atoms with van der Waals surface area (Å²) in [6, 6.07) is -0.0504. The Balaban J connectivity index is 2.63. The molecule has 0 unspecified atom stereocenters. The van der Waals surface area contributed by atoms with Gasteiger partial charge in [-0.1, -0.05) is 15.9 Å². The lowest BCUT2D eigenvalue weighted by atomic mass is 10.2. The van der Waals surface area contributed by atoms with Crippen molar-refractivity contribution < 1.29 is 14.3 Å². The van der Waals surface area contributed by atoms with Crippen LogP contribution in [0, 0.1) is 0 Å². The first-order chi connectivity index (χ1) is 8.24. The first-order valence-corrected chi connectivity index (χ1v) is 6.91. The van der Waals surface area contributed by atoms with Gasteiger partial charge in [0.05, 0.1) is 23.1 Å². The van der Waals surface area contributed by atoms with Crippen LogP contribution in [-0.2, 0) is 9.53 Å². The molecular formula is C12H21BrN2O3. The van der Waals surface area contributed by atoms with Crippen molar-refractivity contribution in [1.29, 1.82) is 0 Å². The zero-order valence-electron chi connectivity index (χ0n) is 11.4. The molecule has 6 heteroatoms. The van der Waals surface area contributed by atoms with Gasteiger partial charge in [0.25, 0.3) is 0 Å². The molecule has 0 N–H and O–H groups in total. The summed E-state index contributed by atoms with van der Waals surface area (Å²) in [6.07, 6.45) is 0.799. The molecule has 0 spiro atoms. The normalized spacial score (nSPS) is 22.5. The Morgan fingerprint density at radius 3 is 2.67 bits per heavy atom. The minimum atomic E-state index is -0.329. The summed E-state index contributed by atoms with van der Waals surface area (Å²) < 4.78 is 5.73. The predicted molar refractivity (Wildman–Crippen MR) is 73.0 cm³/mol. The number of nitrogens with zero attached hydrogens (tertiary/aromatic N) is 2. The lowest BCUT2D eigenvalue weighted by Gasteiger charge is -2.27.